The molecule has 0 spiro atoms. The maximum absolute atomic E-state index is 15.2. The number of anilines is 2. The van der Waals surface area contributed by atoms with Crippen LogP contribution >= 0.6 is 11.6 Å². The molecule has 1 aliphatic heterocycles. The number of halogens is 2. The summed E-state index contributed by atoms with van der Waals surface area (Å²) < 4.78 is 15.2. The summed E-state index contributed by atoms with van der Waals surface area (Å²) in [6, 6.07) is 5.39. The average molecular weight is 528 g/mol. The lowest BCUT2D eigenvalue weighted by atomic mass is 9.85. The van der Waals surface area contributed by atoms with Crippen LogP contribution < -0.4 is 5.32 Å². The Morgan fingerprint density at radius 3 is 2.59 bits per heavy atom. The van der Waals surface area contributed by atoms with E-state index in [0.717, 1.165) is 42.8 Å². The molecule has 10 heteroatoms. The van der Waals surface area contributed by atoms with Crippen molar-refractivity contribution < 1.29 is 9.18 Å². The van der Waals surface area contributed by atoms with Gasteiger partial charge in [0.05, 0.1) is 12.7 Å². The normalized spacial score (nSPS) is 14.4. The average Bonchev–Trinajstić information content (AvgIpc) is 3.30. The van der Waals surface area contributed by atoms with Gasteiger partial charge in [0.25, 0.3) is 0 Å². The number of piperidine rings is 1. The Morgan fingerprint density at radius 2 is 1.95 bits per heavy atom. The van der Waals surface area contributed by atoms with Gasteiger partial charge in [-0.3, -0.25) is 14.8 Å². The van der Waals surface area contributed by atoms with Crippen molar-refractivity contribution in [3.63, 3.8) is 0 Å². The van der Waals surface area contributed by atoms with Crippen LogP contribution in [0.2, 0.25) is 5.02 Å². The number of nitrogens with one attached hydrogen (secondary N) is 2. The lowest BCUT2D eigenvalue weighted by Crippen LogP contribution is -2.43. The van der Waals surface area contributed by atoms with Crippen LogP contribution in [0.4, 0.5) is 16.0 Å². The predicted molar refractivity (Wildman–Crippen MR) is 144 cm³/mol. The molecule has 3 aromatic rings. The number of hydrogen-bond acceptors (Lipinski definition) is 6. The molecule has 1 aromatic carbocycles. The van der Waals surface area contributed by atoms with E-state index in [1.165, 1.54) is 6.20 Å². The van der Waals surface area contributed by atoms with E-state index in [-0.39, 0.29) is 24.1 Å². The van der Waals surface area contributed by atoms with Crippen LogP contribution in [0.1, 0.15) is 60.8 Å². The highest BCUT2D eigenvalue weighted by molar-refractivity contribution is 6.32. The van der Waals surface area contributed by atoms with Crippen molar-refractivity contribution in [2.45, 2.75) is 52.9 Å². The molecule has 1 amide bonds. The quantitative estimate of drug-likeness (QED) is 0.407. The first kappa shape index (κ1) is 27.0. The fraction of sp³-hybridized carbons (Fsp3) is 0.481. The van der Waals surface area contributed by atoms with Gasteiger partial charge in [0.2, 0.25) is 5.91 Å². The number of hydrogen-bond donors (Lipinski definition) is 2. The van der Waals surface area contributed by atoms with Gasteiger partial charge in [-0.15, -0.1) is 0 Å². The zero-order valence-electron chi connectivity index (χ0n) is 21.9. The van der Waals surface area contributed by atoms with Crippen molar-refractivity contribution in [2.75, 3.05) is 38.0 Å². The fourth-order valence-electron chi connectivity index (χ4n) is 4.86. The third-order valence-electron chi connectivity index (χ3n) is 7.07. The van der Waals surface area contributed by atoms with Gasteiger partial charge >= 0.3 is 0 Å². The number of likely N-dealkylation sites (tertiary alicyclic amines) is 1. The first-order valence-electron chi connectivity index (χ1n) is 12.9. The van der Waals surface area contributed by atoms with Gasteiger partial charge in [0.15, 0.2) is 11.6 Å². The lowest BCUT2D eigenvalue weighted by Gasteiger charge is -2.34. The molecular weight excluding hydrogens is 493 g/mol. The molecule has 0 radical (unpaired) electrons. The van der Waals surface area contributed by atoms with Crippen molar-refractivity contribution in [1.82, 2.24) is 30.0 Å². The zero-order chi connectivity index (χ0) is 26.5. The number of amides is 1. The Bertz CT molecular complexity index is 1240. The number of aromatic nitrogens is 4. The Balaban J connectivity index is 1.42. The lowest BCUT2D eigenvalue weighted by molar-refractivity contribution is -0.133. The SMILES string of the molecule is CCN(CC)CC(=O)N1CCC(c2cc(F)c(Cc3ncc(Cl)c(Nc4cc(C)[nH]n4)n3)cc2C)CC1. The second-order valence-corrected chi connectivity index (χ2v) is 10.0. The smallest absolute Gasteiger partial charge is 0.236 e. The molecule has 1 saturated heterocycles. The van der Waals surface area contributed by atoms with Gasteiger partial charge < -0.3 is 10.2 Å². The molecule has 0 atom stereocenters. The van der Waals surface area contributed by atoms with E-state index in [1.54, 1.807) is 6.07 Å². The van der Waals surface area contributed by atoms with E-state index in [9.17, 15) is 4.79 Å². The number of benzene rings is 1. The van der Waals surface area contributed by atoms with E-state index in [0.29, 0.717) is 47.7 Å². The number of likely N-dealkylation sites (N-methyl/N-ethyl adjacent to an activating group) is 1. The van der Waals surface area contributed by atoms with Gasteiger partial charge in [0, 0.05) is 31.3 Å². The van der Waals surface area contributed by atoms with Crippen LogP contribution in [0.5, 0.6) is 0 Å². The second kappa shape index (κ2) is 12.0. The number of nitrogens with zero attached hydrogens (tertiary/aromatic N) is 5. The molecule has 0 bridgehead atoms. The number of rotatable bonds is 9. The number of aromatic amines is 1. The summed E-state index contributed by atoms with van der Waals surface area (Å²) in [5, 5.41) is 10.4. The third kappa shape index (κ3) is 6.64. The van der Waals surface area contributed by atoms with Gasteiger partial charge in [-0.05, 0) is 68.5 Å². The molecule has 4 rings (SSSR count). The third-order valence-corrected chi connectivity index (χ3v) is 7.35. The highest BCUT2D eigenvalue weighted by Crippen LogP contribution is 2.32. The summed E-state index contributed by atoms with van der Waals surface area (Å²) in [7, 11) is 0. The molecule has 37 heavy (non-hydrogen) atoms. The molecule has 1 fully saturated rings. The van der Waals surface area contributed by atoms with Crippen LogP contribution in [0.15, 0.2) is 24.4 Å². The van der Waals surface area contributed by atoms with Crippen LogP contribution in [-0.2, 0) is 11.2 Å². The Morgan fingerprint density at radius 1 is 1.22 bits per heavy atom. The molecule has 0 unspecified atom stereocenters. The van der Waals surface area contributed by atoms with Crippen molar-refractivity contribution in [2.24, 2.45) is 0 Å². The van der Waals surface area contributed by atoms with Crippen LogP contribution in [0.25, 0.3) is 0 Å². The van der Waals surface area contributed by atoms with Crippen molar-refractivity contribution in [1.29, 1.82) is 0 Å². The van der Waals surface area contributed by atoms with Crippen LogP contribution in [0, 0.1) is 19.7 Å². The van der Waals surface area contributed by atoms with Crippen LogP contribution in [0.3, 0.4) is 0 Å². The first-order chi connectivity index (χ1) is 17.8. The molecule has 8 nitrogen and oxygen atoms in total. The Kier molecular flexibility index (Phi) is 8.76. The second-order valence-electron chi connectivity index (χ2n) is 9.64. The Hall–Kier alpha value is -3.04. The van der Waals surface area contributed by atoms with E-state index in [1.807, 2.05) is 30.9 Å². The summed E-state index contributed by atoms with van der Waals surface area (Å²) in [5.41, 5.74) is 3.51. The zero-order valence-corrected chi connectivity index (χ0v) is 22.7. The summed E-state index contributed by atoms with van der Waals surface area (Å²) in [5.74, 6) is 1.63. The molecule has 0 aliphatic carbocycles. The van der Waals surface area contributed by atoms with Gasteiger partial charge in [-0.2, -0.15) is 5.10 Å². The molecule has 1 aliphatic rings. The predicted octanol–water partition coefficient (Wildman–Crippen LogP) is 4.99. The molecule has 0 saturated carbocycles. The molecule has 2 aromatic heterocycles. The largest absolute Gasteiger partial charge is 0.342 e. The minimum atomic E-state index is -0.267. The summed E-state index contributed by atoms with van der Waals surface area (Å²) in [4.78, 5) is 25.5. The minimum Gasteiger partial charge on any atom is -0.342 e. The fourth-order valence-corrected chi connectivity index (χ4v) is 5.00. The van der Waals surface area contributed by atoms with E-state index in [2.05, 4.69) is 44.2 Å². The van der Waals surface area contributed by atoms with Crippen molar-refractivity contribution >= 4 is 29.1 Å². The van der Waals surface area contributed by atoms with E-state index >= 15 is 4.39 Å². The van der Waals surface area contributed by atoms with Crippen molar-refractivity contribution in [3.05, 3.63) is 63.4 Å². The van der Waals surface area contributed by atoms with Gasteiger partial charge in [0.1, 0.15) is 16.7 Å². The van der Waals surface area contributed by atoms with Crippen LogP contribution in [-0.4, -0.2) is 68.6 Å². The highest BCUT2D eigenvalue weighted by Gasteiger charge is 2.26. The maximum atomic E-state index is 15.2. The number of aryl methyl sites for hydroxylation is 2. The summed E-state index contributed by atoms with van der Waals surface area (Å²) in [6.45, 7) is 11.7. The standard InChI is InChI=1S/C27H35ClFN7O/c1-5-35(6-2)16-26(37)36-9-7-19(8-10-36)21-14-23(29)20(11-17(21)3)13-24-30-15-22(28)27(31-24)32-25-12-18(4)33-34-25/h11-12,14-15,19H,5-10,13,16H2,1-4H3,(H2,30,31,32,33,34). The molecule has 198 valence electrons. The van der Waals surface area contributed by atoms with Gasteiger partial charge in [-0.1, -0.05) is 31.5 Å². The van der Waals surface area contributed by atoms with E-state index < -0.39 is 0 Å². The first-order valence-corrected chi connectivity index (χ1v) is 13.2. The monoisotopic (exact) mass is 527 g/mol. The Labute approximate surface area is 222 Å². The summed E-state index contributed by atoms with van der Waals surface area (Å²) in [6.07, 6.45) is 3.44. The molecule has 3 heterocycles. The number of H-pyrrole nitrogens is 1. The topological polar surface area (TPSA) is 90.0 Å². The molecular formula is C27H35ClFN7O. The van der Waals surface area contributed by atoms with Crippen molar-refractivity contribution in [3.8, 4) is 0 Å². The number of carbonyl (C=O) groups excluding carboxylic acids is 1. The highest BCUT2D eigenvalue weighted by atomic mass is 35.5. The van der Waals surface area contributed by atoms with E-state index in [4.69, 9.17) is 11.6 Å². The summed E-state index contributed by atoms with van der Waals surface area (Å²) >= 11 is 6.26. The van der Waals surface area contributed by atoms with Gasteiger partial charge in [-0.25, -0.2) is 14.4 Å². The maximum Gasteiger partial charge on any atom is 0.236 e. The molecule has 2 N–H and O–H groups in total. The minimum absolute atomic E-state index is 0.180. The number of carbonyl (C=O) groups is 1.